The van der Waals surface area contributed by atoms with Gasteiger partial charge in [-0.1, -0.05) is 160 Å². The maximum Gasteiger partial charge on any atom is 0.239 e. The highest BCUT2D eigenvalue weighted by Crippen LogP contribution is 2.53. The lowest BCUT2D eigenvalue weighted by Crippen LogP contribution is -2.43. The van der Waals surface area contributed by atoms with Gasteiger partial charge in [0.1, 0.15) is 23.3 Å². The first-order valence-electron chi connectivity index (χ1n) is 45.6. The first kappa shape index (κ1) is 85.5. The molecular weight excluding hydrogens is 1610 g/mol. The smallest absolute Gasteiger partial charge is 0.239 e. The van der Waals surface area contributed by atoms with Crippen LogP contribution >= 0.6 is 0 Å². The molecule has 4 unspecified atom stereocenters. The average molecular weight is 1730 g/mol. The minimum atomic E-state index is -0.503. The topological polar surface area (TPSA) is 165 Å². The highest BCUT2D eigenvalue weighted by Gasteiger charge is 2.58. The third kappa shape index (κ3) is 16.2. The van der Waals surface area contributed by atoms with Crippen LogP contribution in [0.4, 0.5) is 40.3 Å². The van der Waals surface area contributed by atoms with Gasteiger partial charge in [0.2, 0.25) is 23.6 Å². The fourth-order valence-corrected chi connectivity index (χ4v) is 22.5. The fourth-order valence-electron chi connectivity index (χ4n) is 22.5. The van der Waals surface area contributed by atoms with Gasteiger partial charge in [-0.05, 0) is 197 Å². The van der Waals surface area contributed by atoms with E-state index in [4.69, 9.17) is 0 Å². The van der Waals surface area contributed by atoms with E-state index in [9.17, 15) is 28.0 Å². The monoisotopic (exact) mass is 1720 g/mol. The minimum absolute atomic E-state index is 0.0822. The third-order valence-corrected chi connectivity index (χ3v) is 29.2. The Morgan fingerprint density at radius 2 is 0.555 bits per heavy atom. The highest BCUT2D eigenvalue weighted by molar-refractivity contribution is 6.11. The van der Waals surface area contributed by atoms with Crippen LogP contribution in [0.5, 0.6) is 0 Å². The molecule has 2 saturated carbocycles. The number of fused-ring (bicyclic) bond motifs is 8. The molecule has 4 spiro atoms. The molecule has 2 aliphatic carbocycles. The number of carbonyl (C=O) groups is 4. The summed E-state index contributed by atoms with van der Waals surface area (Å²) < 4.78 is 67.1. The van der Waals surface area contributed by atoms with Crippen molar-refractivity contribution in [1.82, 2.24) is 58.7 Å². The Hall–Kier alpha value is -12.0. The molecule has 660 valence electrons. The Balaban J connectivity index is 0.000000111. The Morgan fingerprint density at radius 1 is 0.305 bits per heavy atom. The molecule has 4 amide bonds. The Labute approximate surface area is 746 Å². The number of hydrogen-bond donors (Lipinski definition) is 0. The second kappa shape index (κ2) is 35.2. The summed E-state index contributed by atoms with van der Waals surface area (Å²) in [4.78, 5) is 71.6. The molecule has 12 heterocycles. The number of halogens is 4. The van der Waals surface area contributed by atoms with Crippen molar-refractivity contribution in [3.8, 4) is 44.5 Å². The van der Waals surface area contributed by atoms with Gasteiger partial charge in [0.25, 0.3) is 0 Å². The molecule has 20 nitrogen and oxygen atoms in total. The van der Waals surface area contributed by atoms with Crippen LogP contribution in [-0.2, 0) is 95.2 Å². The number of hydrogen-bond acceptors (Lipinski definition) is 12. The number of para-hydroxylation sites is 4. The van der Waals surface area contributed by atoms with E-state index in [0.29, 0.717) is 35.3 Å². The molecule has 0 N–H and O–H groups in total. The maximum absolute atomic E-state index is 15.2. The predicted molar refractivity (Wildman–Crippen MR) is 491 cm³/mol. The third-order valence-electron chi connectivity index (χ3n) is 29.2. The molecule has 8 aromatic carbocycles. The zero-order chi connectivity index (χ0) is 88.3. The van der Waals surface area contributed by atoms with Crippen molar-refractivity contribution in [2.75, 3.05) is 99.1 Å². The van der Waals surface area contributed by atoms with Gasteiger partial charge >= 0.3 is 0 Å². The van der Waals surface area contributed by atoms with E-state index in [1.165, 1.54) is 76.3 Å². The van der Waals surface area contributed by atoms with Crippen molar-refractivity contribution in [3.63, 3.8) is 0 Å². The van der Waals surface area contributed by atoms with Crippen LogP contribution in [0, 0.1) is 35.1 Å². The highest BCUT2D eigenvalue weighted by atomic mass is 19.1. The van der Waals surface area contributed by atoms with Crippen LogP contribution in [0.2, 0.25) is 0 Å². The first-order valence-corrected chi connectivity index (χ1v) is 45.6. The SMILES string of the molecule is CN1CCC2(C1)C(=O)N(Cc1ccc(-c3cnn(C)c3)cc1F)c1ccccc12.CN1CCC2(C1)C(=O)N(Cc1ccc(-c3cnn(C)c3)cc1F)c1ccccc12.Cn1cc(-c2ccc(CN3C(=O)C4(CCN(CC5CCCCC5)C4)c4ccccc43)c(F)c2)cn1.Cn1cc(-c2ccc(CN3C(=O)C4(CCN(CC5CCCCC5)C4)c4ccccc43)c(F)c2)cn1. The predicted octanol–water partition coefficient (Wildman–Crippen LogP) is 17.3. The summed E-state index contributed by atoms with van der Waals surface area (Å²) in [5.41, 5.74) is 14.8. The molecule has 4 atom stereocenters. The van der Waals surface area contributed by atoms with Crippen molar-refractivity contribution in [1.29, 1.82) is 0 Å². The van der Waals surface area contributed by atoms with Gasteiger partial charge in [0.15, 0.2) is 0 Å². The number of rotatable bonds is 16. The molecule has 12 aromatic rings. The van der Waals surface area contributed by atoms with Crippen LogP contribution in [0.1, 0.15) is 134 Å². The Kier molecular flexibility index (Phi) is 23.5. The minimum Gasteiger partial charge on any atom is -0.307 e. The molecule has 24 heteroatoms. The summed E-state index contributed by atoms with van der Waals surface area (Å²) in [6.07, 6.45) is 31.0. The summed E-state index contributed by atoms with van der Waals surface area (Å²) in [6, 6.07) is 53.1. The van der Waals surface area contributed by atoms with Gasteiger partial charge in [0, 0.05) is 160 Å². The van der Waals surface area contributed by atoms with E-state index in [-0.39, 0.29) is 73.1 Å². The number of aryl methyl sites for hydroxylation is 4. The molecule has 6 fully saturated rings. The zero-order valence-electron chi connectivity index (χ0n) is 74.0. The molecule has 22 rings (SSSR count). The maximum atomic E-state index is 15.2. The van der Waals surface area contributed by atoms with E-state index < -0.39 is 21.7 Å². The van der Waals surface area contributed by atoms with Crippen molar-refractivity contribution >= 4 is 46.4 Å². The summed E-state index contributed by atoms with van der Waals surface area (Å²) >= 11 is 0. The normalized spacial score (nSPS) is 22.2. The van der Waals surface area contributed by atoms with Crippen LogP contribution in [0.15, 0.2) is 219 Å². The van der Waals surface area contributed by atoms with Crippen molar-refractivity contribution in [2.24, 2.45) is 40.0 Å². The van der Waals surface area contributed by atoms with E-state index in [1.807, 2.05) is 198 Å². The van der Waals surface area contributed by atoms with Crippen LogP contribution < -0.4 is 19.6 Å². The molecule has 128 heavy (non-hydrogen) atoms. The largest absolute Gasteiger partial charge is 0.307 e. The first-order chi connectivity index (χ1) is 62.0. The molecule has 4 saturated heterocycles. The average Bonchev–Trinajstić information content (AvgIpc) is 2.14. The zero-order valence-corrected chi connectivity index (χ0v) is 74.0. The van der Waals surface area contributed by atoms with Crippen LogP contribution in [-0.4, -0.2) is 162 Å². The molecule has 0 bridgehead atoms. The second-order valence-corrected chi connectivity index (χ2v) is 37.8. The van der Waals surface area contributed by atoms with E-state index in [1.54, 1.807) is 77.6 Å². The molecular formula is C104H112F4N16O4. The summed E-state index contributed by atoms with van der Waals surface area (Å²) in [6.45, 7) is 9.84. The molecule has 0 radical (unpaired) electrons. The number of likely N-dealkylation sites (N-methyl/N-ethyl adjacent to an activating group) is 2. The quantitative estimate of drug-likeness (QED) is 0.0842. The number of benzene rings is 8. The van der Waals surface area contributed by atoms with E-state index in [0.717, 1.165) is 179 Å². The second-order valence-electron chi connectivity index (χ2n) is 37.8. The molecule has 10 aliphatic rings. The Bertz CT molecular complexity index is 5810. The lowest BCUT2D eigenvalue weighted by molar-refractivity contribution is -0.123. The van der Waals surface area contributed by atoms with E-state index >= 15 is 8.78 Å². The van der Waals surface area contributed by atoms with Gasteiger partial charge < -0.3 is 39.2 Å². The number of amides is 4. The summed E-state index contributed by atoms with van der Waals surface area (Å²) in [5, 5.41) is 16.7. The lowest BCUT2D eigenvalue weighted by atomic mass is 9.81. The lowest BCUT2D eigenvalue weighted by Gasteiger charge is -2.28. The number of anilines is 4. The molecule has 8 aliphatic heterocycles. The standard InChI is InChI=1S/2C29H33FN4O.2C23H23FN4O/c2*1-32-18-24(16-31-32)22-11-12-23(26(30)15-22)19-34-27-10-6-5-9-25(27)29(28(34)35)13-14-33(20-29)17-21-7-3-2-4-8-21;2*1-26-10-9-23(15-26)19-5-3-4-6-21(19)28(22(23)29)14-17-8-7-16(11-20(17)24)18-12-25-27(2)13-18/h2*5-6,9-12,15-16,18,21H,2-4,7-8,13-14,17,19-20H2,1H3;2*3-8,11-13H,9-10,14-15H2,1-2H3. The van der Waals surface area contributed by atoms with Gasteiger partial charge in [-0.25, -0.2) is 17.6 Å². The number of likely N-dealkylation sites (tertiary alicyclic amines) is 4. The number of carbonyl (C=O) groups excluding carboxylic acids is 4. The van der Waals surface area contributed by atoms with Gasteiger partial charge in [-0.15, -0.1) is 0 Å². The van der Waals surface area contributed by atoms with Gasteiger partial charge in [-0.3, -0.25) is 37.9 Å². The number of nitrogens with zero attached hydrogens (tertiary/aromatic N) is 16. The van der Waals surface area contributed by atoms with Crippen molar-refractivity contribution in [2.45, 2.75) is 138 Å². The summed E-state index contributed by atoms with van der Waals surface area (Å²) in [7, 11) is 11.5. The Morgan fingerprint density at radius 3 is 0.789 bits per heavy atom. The van der Waals surface area contributed by atoms with Crippen LogP contribution in [0.25, 0.3) is 44.5 Å². The van der Waals surface area contributed by atoms with Gasteiger partial charge in [0.05, 0.1) is 72.6 Å². The summed E-state index contributed by atoms with van der Waals surface area (Å²) in [5.74, 6) is 0.746. The van der Waals surface area contributed by atoms with E-state index in [2.05, 4.69) is 52.1 Å². The number of aromatic nitrogens is 8. The van der Waals surface area contributed by atoms with Crippen LogP contribution in [0.3, 0.4) is 0 Å². The van der Waals surface area contributed by atoms with Gasteiger partial charge in [-0.2, -0.15) is 20.4 Å². The molecule has 4 aromatic heterocycles. The van der Waals surface area contributed by atoms with Crippen molar-refractivity contribution < 1.29 is 36.7 Å². The van der Waals surface area contributed by atoms with Crippen molar-refractivity contribution in [3.05, 3.63) is 287 Å². The fraction of sp³-hybridized carbons (Fsp3) is 0.385.